The predicted octanol–water partition coefficient (Wildman–Crippen LogP) is 1.96. The van der Waals surface area contributed by atoms with Gasteiger partial charge in [0.25, 0.3) is 5.91 Å². The third kappa shape index (κ3) is 3.68. The average Bonchev–Trinajstić information content (AvgIpc) is 2.85. The first-order chi connectivity index (χ1) is 10.0. The maximum Gasteiger partial charge on any atom is 0.265 e. The Hall–Kier alpha value is -2.18. The molecule has 0 saturated carbocycles. The van der Waals surface area contributed by atoms with Crippen molar-refractivity contribution < 1.29 is 13.6 Å². The largest absolute Gasteiger partial charge is 0.469 e. The molecule has 0 radical (unpaired) electrons. The molecular weight excluding hydrogens is 273 g/mol. The highest BCUT2D eigenvalue weighted by atomic mass is 19.1. The molecule has 0 saturated heterocycles. The van der Waals surface area contributed by atoms with E-state index in [1.54, 1.807) is 6.26 Å². The van der Waals surface area contributed by atoms with Crippen molar-refractivity contribution in [3.05, 3.63) is 58.8 Å². The predicted molar refractivity (Wildman–Crippen MR) is 76.7 cm³/mol. The van der Waals surface area contributed by atoms with Crippen LogP contribution >= 0.6 is 0 Å². The van der Waals surface area contributed by atoms with E-state index in [-0.39, 0.29) is 5.82 Å². The molecule has 1 heterocycles. The second-order valence-electron chi connectivity index (χ2n) is 4.95. The summed E-state index contributed by atoms with van der Waals surface area (Å²) in [7, 11) is 1.88. The van der Waals surface area contributed by atoms with Crippen LogP contribution in [0.3, 0.4) is 0 Å². The third-order valence-corrected chi connectivity index (χ3v) is 3.29. The molecular formula is C15H18FN3O2. The molecule has 0 aliphatic rings. The molecule has 1 aromatic carbocycles. The number of nitrogen functional groups attached to an aromatic ring is 1. The Morgan fingerprint density at radius 1 is 1.33 bits per heavy atom. The minimum absolute atomic E-state index is 0.335. The van der Waals surface area contributed by atoms with Gasteiger partial charge >= 0.3 is 0 Å². The summed E-state index contributed by atoms with van der Waals surface area (Å²) in [6.07, 6.45) is 1.63. The monoisotopic (exact) mass is 291 g/mol. The molecule has 0 fully saturated rings. The third-order valence-electron chi connectivity index (χ3n) is 3.29. The lowest BCUT2D eigenvalue weighted by atomic mass is 10.1. The second-order valence-corrected chi connectivity index (χ2v) is 4.95. The van der Waals surface area contributed by atoms with E-state index in [0.29, 0.717) is 24.2 Å². The van der Waals surface area contributed by atoms with Crippen molar-refractivity contribution in [1.82, 2.24) is 10.3 Å². The van der Waals surface area contributed by atoms with Gasteiger partial charge in [0.2, 0.25) is 0 Å². The summed E-state index contributed by atoms with van der Waals surface area (Å²) in [6.45, 7) is 2.90. The first kappa shape index (κ1) is 15.2. The lowest BCUT2D eigenvalue weighted by Gasteiger charge is -2.17. The summed E-state index contributed by atoms with van der Waals surface area (Å²) in [5, 5.41) is 0. The fourth-order valence-corrected chi connectivity index (χ4v) is 2.13. The number of hydrogen-bond acceptors (Lipinski definition) is 4. The number of halogens is 1. The maximum atomic E-state index is 13.8. The molecule has 0 aliphatic heterocycles. The summed E-state index contributed by atoms with van der Waals surface area (Å²) in [5.41, 5.74) is 3.87. The summed E-state index contributed by atoms with van der Waals surface area (Å²) in [6, 6.07) is 6.08. The topological polar surface area (TPSA) is 71.5 Å². The number of rotatable bonds is 5. The smallest absolute Gasteiger partial charge is 0.265 e. The Morgan fingerprint density at radius 3 is 2.67 bits per heavy atom. The number of nitrogens with one attached hydrogen (secondary N) is 1. The van der Waals surface area contributed by atoms with Gasteiger partial charge in [-0.3, -0.25) is 15.1 Å². The van der Waals surface area contributed by atoms with Crippen molar-refractivity contribution in [3.8, 4) is 0 Å². The molecule has 1 aromatic heterocycles. The first-order valence-electron chi connectivity index (χ1n) is 6.52. The zero-order valence-electron chi connectivity index (χ0n) is 12.0. The van der Waals surface area contributed by atoms with Crippen LogP contribution in [-0.2, 0) is 13.1 Å². The molecule has 2 aromatic rings. The van der Waals surface area contributed by atoms with Crippen LogP contribution in [0.5, 0.6) is 0 Å². The standard InChI is InChI=1S/C15H18FN3O2/c1-10-12(5-6-21-10)8-19(2)9-13-7-11(15(20)18-17)3-4-14(13)16/h3-7H,8-9,17H2,1-2H3,(H,18,20). The van der Waals surface area contributed by atoms with E-state index in [1.165, 1.54) is 18.2 Å². The SMILES string of the molecule is Cc1occc1CN(C)Cc1cc(C(=O)NN)ccc1F. The van der Waals surface area contributed by atoms with Crippen LogP contribution in [0, 0.1) is 12.7 Å². The van der Waals surface area contributed by atoms with Gasteiger partial charge in [0, 0.05) is 29.8 Å². The molecule has 0 spiro atoms. The number of carbonyl (C=O) groups excluding carboxylic acids is 1. The molecule has 3 N–H and O–H groups in total. The Bertz CT molecular complexity index is 640. The molecule has 2 rings (SSSR count). The normalized spacial score (nSPS) is 10.9. The molecule has 0 aliphatic carbocycles. The Balaban J connectivity index is 2.11. The minimum atomic E-state index is -0.440. The fourth-order valence-electron chi connectivity index (χ4n) is 2.13. The quantitative estimate of drug-likeness (QED) is 0.502. The van der Waals surface area contributed by atoms with Crippen molar-refractivity contribution in [2.45, 2.75) is 20.0 Å². The van der Waals surface area contributed by atoms with Gasteiger partial charge in [-0.25, -0.2) is 10.2 Å². The maximum absolute atomic E-state index is 13.8. The van der Waals surface area contributed by atoms with Crippen LogP contribution in [0.2, 0.25) is 0 Å². The Labute approximate surface area is 122 Å². The molecule has 6 heteroatoms. The highest BCUT2D eigenvalue weighted by Gasteiger charge is 2.12. The van der Waals surface area contributed by atoms with Gasteiger partial charge in [-0.1, -0.05) is 0 Å². The van der Waals surface area contributed by atoms with Gasteiger partial charge in [-0.2, -0.15) is 0 Å². The van der Waals surface area contributed by atoms with Crippen molar-refractivity contribution in [1.29, 1.82) is 0 Å². The molecule has 5 nitrogen and oxygen atoms in total. The number of aryl methyl sites for hydroxylation is 1. The second kappa shape index (κ2) is 6.51. The van der Waals surface area contributed by atoms with Crippen molar-refractivity contribution >= 4 is 5.91 Å². The summed E-state index contributed by atoms with van der Waals surface area (Å²) < 4.78 is 19.1. The van der Waals surface area contributed by atoms with Crippen LogP contribution in [0.15, 0.2) is 34.9 Å². The number of nitrogens with two attached hydrogens (primary N) is 1. The summed E-state index contributed by atoms with van der Waals surface area (Å²) >= 11 is 0. The molecule has 21 heavy (non-hydrogen) atoms. The number of benzene rings is 1. The molecule has 0 bridgehead atoms. The Kier molecular flexibility index (Phi) is 4.72. The number of nitrogens with zero attached hydrogens (tertiary/aromatic N) is 1. The van der Waals surface area contributed by atoms with Gasteiger partial charge in [-0.05, 0) is 38.2 Å². The number of carbonyl (C=O) groups is 1. The van der Waals surface area contributed by atoms with Gasteiger partial charge in [-0.15, -0.1) is 0 Å². The lowest BCUT2D eigenvalue weighted by Crippen LogP contribution is -2.30. The Morgan fingerprint density at radius 2 is 2.05 bits per heavy atom. The van der Waals surface area contributed by atoms with E-state index in [9.17, 15) is 9.18 Å². The van der Waals surface area contributed by atoms with Gasteiger partial charge < -0.3 is 4.42 Å². The average molecular weight is 291 g/mol. The van der Waals surface area contributed by atoms with Crippen LogP contribution in [-0.4, -0.2) is 17.9 Å². The summed E-state index contributed by atoms with van der Waals surface area (Å²) in [5.74, 6) is 5.14. The van der Waals surface area contributed by atoms with Crippen LogP contribution in [0.1, 0.15) is 27.2 Å². The fraction of sp³-hybridized carbons (Fsp3) is 0.267. The zero-order chi connectivity index (χ0) is 15.4. The van der Waals surface area contributed by atoms with Gasteiger partial charge in [0.15, 0.2) is 0 Å². The van der Waals surface area contributed by atoms with E-state index < -0.39 is 5.91 Å². The highest BCUT2D eigenvalue weighted by Crippen LogP contribution is 2.16. The van der Waals surface area contributed by atoms with E-state index in [0.717, 1.165) is 11.3 Å². The van der Waals surface area contributed by atoms with E-state index in [2.05, 4.69) is 0 Å². The summed E-state index contributed by atoms with van der Waals surface area (Å²) in [4.78, 5) is 13.4. The molecule has 112 valence electrons. The molecule has 0 unspecified atom stereocenters. The lowest BCUT2D eigenvalue weighted by molar-refractivity contribution is 0.0953. The van der Waals surface area contributed by atoms with Crippen LogP contribution in [0.4, 0.5) is 4.39 Å². The zero-order valence-corrected chi connectivity index (χ0v) is 12.0. The first-order valence-corrected chi connectivity index (χ1v) is 6.52. The molecule has 1 amide bonds. The van der Waals surface area contributed by atoms with Crippen LogP contribution < -0.4 is 11.3 Å². The van der Waals surface area contributed by atoms with Crippen molar-refractivity contribution in [2.75, 3.05) is 7.05 Å². The minimum Gasteiger partial charge on any atom is -0.469 e. The van der Waals surface area contributed by atoms with E-state index in [4.69, 9.17) is 10.3 Å². The van der Waals surface area contributed by atoms with Crippen molar-refractivity contribution in [3.63, 3.8) is 0 Å². The number of hydrogen-bond donors (Lipinski definition) is 2. The van der Waals surface area contributed by atoms with Crippen LogP contribution in [0.25, 0.3) is 0 Å². The number of hydrazine groups is 1. The molecule has 0 atom stereocenters. The van der Waals surface area contributed by atoms with Crippen molar-refractivity contribution in [2.24, 2.45) is 5.84 Å². The van der Waals surface area contributed by atoms with E-state index >= 15 is 0 Å². The van der Waals surface area contributed by atoms with Gasteiger partial charge in [0.1, 0.15) is 11.6 Å². The van der Waals surface area contributed by atoms with E-state index in [1.807, 2.05) is 30.4 Å². The highest BCUT2D eigenvalue weighted by molar-refractivity contribution is 5.93. The number of furan rings is 1. The number of amides is 1. The van der Waals surface area contributed by atoms with Gasteiger partial charge in [0.05, 0.1) is 6.26 Å².